The second kappa shape index (κ2) is 7.59. The van der Waals surface area contributed by atoms with Gasteiger partial charge in [0, 0.05) is 9.64 Å². The summed E-state index contributed by atoms with van der Waals surface area (Å²) < 4.78 is 63.0. The van der Waals surface area contributed by atoms with Crippen LogP contribution in [0.2, 0.25) is 0 Å². The van der Waals surface area contributed by atoms with E-state index in [9.17, 15) is 17.4 Å². The first-order chi connectivity index (χ1) is 10.9. The van der Waals surface area contributed by atoms with Crippen LogP contribution in [0.3, 0.4) is 0 Å². The summed E-state index contributed by atoms with van der Waals surface area (Å²) in [6, 6.07) is 5.01. The van der Waals surface area contributed by atoms with Crippen LogP contribution in [-0.2, 0) is 11.5 Å². The molecule has 122 valence electrons. The number of benzene rings is 2. The van der Waals surface area contributed by atoms with Crippen molar-refractivity contribution in [3.63, 3.8) is 0 Å². The van der Waals surface area contributed by atoms with Crippen molar-refractivity contribution in [1.82, 2.24) is 0 Å². The maximum atomic E-state index is 14.3. The molecule has 0 bridgehead atoms. The van der Waals surface area contributed by atoms with E-state index in [1.54, 1.807) is 6.07 Å². The number of ether oxygens (including phenoxy) is 1. The van der Waals surface area contributed by atoms with Gasteiger partial charge in [-0.1, -0.05) is 0 Å². The van der Waals surface area contributed by atoms with Gasteiger partial charge in [-0.15, -0.1) is 0 Å². The van der Waals surface area contributed by atoms with Gasteiger partial charge < -0.3 is 9.41 Å². The molecule has 0 aromatic heterocycles. The van der Waals surface area contributed by atoms with Gasteiger partial charge in [0.25, 0.3) is 0 Å². The number of halogens is 4. The van der Waals surface area contributed by atoms with Crippen LogP contribution in [0.15, 0.2) is 28.6 Å². The maximum absolute atomic E-state index is 14.3. The van der Waals surface area contributed by atoms with Crippen molar-refractivity contribution in [3.05, 3.63) is 45.3 Å². The van der Waals surface area contributed by atoms with Gasteiger partial charge in [-0.25, -0.2) is 13.2 Å². The van der Waals surface area contributed by atoms with E-state index < -0.39 is 23.1 Å². The second-order valence-electron chi connectivity index (χ2n) is 4.20. The summed E-state index contributed by atoms with van der Waals surface area (Å²) in [6.07, 6.45) is 0. The maximum Gasteiger partial charge on any atom is 0.205 e. The highest BCUT2D eigenvalue weighted by Gasteiger charge is 2.24. The van der Waals surface area contributed by atoms with Crippen LogP contribution in [0.25, 0.3) is 0 Å². The number of hydrogen-bond donors (Lipinski definition) is 0. The summed E-state index contributed by atoms with van der Waals surface area (Å²) in [6.45, 7) is 0. The van der Waals surface area contributed by atoms with Gasteiger partial charge in [0.1, 0.15) is 17.2 Å². The molecule has 0 heterocycles. The minimum Gasteiger partial charge on any atom is -0.494 e. The van der Waals surface area contributed by atoms with E-state index in [2.05, 4.69) is 13.8 Å². The molecule has 0 aliphatic rings. The number of rotatable bonds is 4. The molecule has 1 unspecified atom stereocenters. The Balaban J connectivity index is 2.74. The molecule has 0 fully saturated rings. The number of nitrogens with zero attached hydrogens (tertiary/aromatic N) is 2. The van der Waals surface area contributed by atoms with E-state index in [4.69, 9.17) is 4.74 Å². The fraction of sp³-hybridized carbons (Fsp3) is 0.0769. The third-order valence-corrected chi connectivity index (χ3v) is 4.36. The van der Waals surface area contributed by atoms with Crippen molar-refractivity contribution < 1.29 is 22.1 Å². The van der Waals surface area contributed by atoms with Crippen molar-refractivity contribution in [3.8, 4) is 5.75 Å². The second-order valence-corrected chi connectivity index (χ2v) is 6.30. The highest BCUT2D eigenvalue weighted by atomic mass is 127. The number of hydrogen-bond acceptors (Lipinski definition) is 4. The molecule has 2 aromatic rings. The zero-order valence-electron chi connectivity index (χ0n) is 11.5. The normalized spacial score (nSPS) is 10.3. The Bertz CT molecular complexity index is 818. The standard InChI is InChI=1S/C13H9F3IN2O2PS/c1-21-10-5-8(15)11(16)13(12(10)18-23-20)19(22)9-3-2-6(17)4-7(9)14/h2-5H,22H2,1H3. The monoisotopic (exact) mass is 472 g/mol. The van der Waals surface area contributed by atoms with E-state index in [0.717, 1.165) is 10.7 Å². The molecule has 10 heteroatoms. The van der Waals surface area contributed by atoms with E-state index in [1.165, 1.54) is 19.2 Å². The van der Waals surface area contributed by atoms with Crippen LogP contribution >= 0.6 is 32.0 Å². The summed E-state index contributed by atoms with van der Waals surface area (Å²) in [7, 11) is 3.30. The van der Waals surface area contributed by atoms with E-state index in [1.807, 2.05) is 22.6 Å². The molecule has 0 N–H and O–H groups in total. The lowest BCUT2D eigenvalue weighted by Gasteiger charge is -2.23. The highest BCUT2D eigenvalue weighted by Crippen LogP contribution is 2.46. The average molecular weight is 472 g/mol. The van der Waals surface area contributed by atoms with Crippen molar-refractivity contribution in [2.45, 2.75) is 0 Å². The predicted molar refractivity (Wildman–Crippen MR) is 94.1 cm³/mol. The van der Waals surface area contributed by atoms with Crippen LogP contribution in [0.5, 0.6) is 5.75 Å². The molecule has 4 nitrogen and oxygen atoms in total. The Kier molecular flexibility index (Phi) is 5.99. The third-order valence-electron chi connectivity index (χ3n) is 2.89. The minimum atomic E-state index is -1.27. The van der Waals surface area contributed by atoms with Crippen LogP contribution in [0, 0.1) is 21.0 Å². The zero-order valence-corrected chi connectivity index (χ0v) is 15.6. The molecule has 23 heavy (non-hydrogen) atoms. The van der Waals surface area contributed by atoms with Crippen LogP contribution in [-0.4, -0.2) is 11.3 Å². The summed E-state index contributed by atoms with van der Waals surface area (Å²) in [4.78, 5) is 0. The fourth-order valence-corrected chi connectivity index (χ4v) is 3.03. The number of methoxy groups -OCH3 is 1. The molecule has 0 amide bonds. The van der Waals surface area contributed by atoms with Gasteiger partial charge in [-0.3, -0.25) is 0 Å². The Hall–Kier alpha value is -1.19. The Morgan fingerprint density at radius 1 is 1.26 bits per heavy atom. The van der Waals surface area contributed by atoms with Crippen LogP contribution < -0.4 is 9.41 Å². The molecular formula is C13H9F3IN2O2PS. The smallest absolute Gasteiger partial charge is 0.205 e. The lowest BCUT2D eigenvalue weighted by molar-refractivity contribution is 0.408. The van der Waals surface area contributed by atoms with Gasteiger partial charge in [-0.05, 0) is 50.2 Å². The molecular weight excluding hydrogens is 463 g/mol. The van der Waals surface area contributed by atoms with Gasteiger partial charge in [0.05, 0.1) is 12.8 Å². The molecule has 0 aliphatic heterocycles. The molecule has 0 saturated heterocycles. The Labute approximate surface area is 149 Å². The summed E-state index contributed by atoms with van der Waals surface area (Å²) >= 11 is 1.73. The zero-order chi connectivity index (χ0) is 17.1. The highest BCUT2D eigenvalue weighted by molar-refractivity contribution is 14.1. The first-order valence-electron chi connectivity index (χ1n) is 5.96. The van der Waals surface area contributed by atoms with Gasteiger partial charge in [-0.2, -0.15) is 8.57 Å². The first-order valence-corrected chi connectivity index (χ1v) is 8.26. The van der Waals surface area contributed by atoms with Crippen LogP contribution in [0.4, 0.5) is 30.2 Å². The average Bonchev–Trinajstić information content (AvgIpc) is 2.50. The summed E-state index contributed by atoms with van der Waals surface area (Å²) in [5, 5.41) is 0. The molecule has 0 spiro atoms. The minimum absolute atomic E-state index is 0.0330. The van der Waals surface area contributed by atoms with E-state index in [-0.39, 0.29) is 28.6 Å². The molecule has 0 radical (unpaired) electrons. The van der Waals surface area contributed by atoms with E-state index >= 15 is 0 Å². The third kappa shape index (κ3) is 3.67. The van der Waals surface area contributed by atoms with Crippen molar-refractivity contribution >= 4 is 60.5 Å². The van der Waals surface area contributed by atoms with Gasteiger partial charge in [0.2, 0.25) is 11.5 Å². The quantitative estimate of drug-likeness (QED) is 0.480. The molecule has 1 atom stereocenters. The largest absolute Gasteiger partial charge is 0.494 e. The summed E-state index contributed by atoms with van der Waals surface area (Å²) in [5.41, 5.74) is -0.677. The van der Waals surface area contributed by atoms with E-state index in [0.29, 0.717) is 3.57 Å². The Morgan fingerprint density at radius 2 is 1.96 bits per heavy atom. The first kappa shape index (κ1) is 18.2. The van der Waals surface area contributed by atoms with Crippen LogP contribution in [0.1, 0.15) is 0 Å². The molecule has 0 aliphatic carbocycles. The lowest BCUT2D eigenvalue weighted by Crippen LogP contribution is -2.08. The predicted octanol–water partition coefficient (Wildman–Crippen LogP) is 4.67. The molecule has 0 saturated carbocycles. The van der Waals surface area contributed by atoms with Crippen molar-refractivity contribution in [1.29, 1.82) is 0 Å². The summed E-state index contributed by atoms with van der Waals surface area (Å²) in [5.74, 6) is -3.26. The molecule has 2 rings (SSSR count). The Morgan fingerprint density at radius 3 is 2.52 bits per heavy atom. The lowest BCUT2D eigenvalue weighted by atomic mass is 10.2. The van der Waals surface area contributed by atoms with Gasteiger partial charge >= 0.3 is 0 Å². The molecule has 2 aromatic carbocycles. The van der Waals surface area contributed by atoms with Gasteiger partial charge in [0.15, 0.2) is 17.4 Å². The number of anilines is 2. The van der Waals surface area contributed by atoms with Crippen molar-refractivity contribution in [2.75, 3.05) is 11.8 Å². The van der Waals surface area contributed by atoms with Crippen molar-refractivity contribution in [2.24, 2.45) is 4.36 Å². The SMILES string of the molecule is COc1cc(F)c(F)c(N(P)c2ccc(I)cc2F)c1N=S=O. The fourth-order valence-electron chi connectivity index (χ4n) is 1.88. The topological polar surface area (TPSA) is 41.9 Å².